The van der Waals surface area contributed by atoms with E-state index >= 15 is 0 Å². The lowest BCUT2D eigenvalue weighted by molar-refractivity contribution is -0.120. The number of amides is 1. The molecule has 118 valence electrons. The van der Waals surface area contributed by atoms with Gasteiger partial charge < -0.3 is 20.7 Å². The molecular formula is C16H27N3O2. The van der Waals surface area contributed by atoms with Crippen molar-refractivity contribution in [3.8, 4) is 5.75 Å². The van der Waals surface area contributed by atoms with Crippen molar-refractivity contribution in [3.63, 3.8) is 0 Å². The van der Waals surface area contributed by atoms with Crippen molar-refractivity contribution in [2.24, 2.45) is 5.73 Å². The van der Waals surface area contributed by atoms with Gasteiger partial charge in [-0.15, -0.1) is 0 Å². The number of carbonyl (C=O) groups is 1. The van der Waals surface area contributed by atoms with Crippen LogP contribution in [0.2, 0.25) is 0 Å². The fourth-order valence-corrected chi connectivity index (χ4v) is 2.21. The number of methoxy groups -OCH3 is 1. The van der Waals surface area contributed by atoms with Crippen molar-refractivity contribution in [1.29, 1.82) is 0 Å². The Morgan fingerprint density at radius 3 is 2.62 bits per heavy atom. The van der Waals surface area contributed by atoms with Crippen LogP contribution in [0.25, 0.3) is 0 Å². The molecule has 0 heterocycles. The highest BCUT2D eigenvalue weighted by atomic mass is 16.5. The number of hydrogen-bond acceptors (Lipinski definition) is 4. The molecule has 0 spiro atoms. The second kappa shape index (κ2) is 7.43. The van der Waals surface area contributed by atoms with E-state index in [1.54, 1.807) is 14.0 Å². The molecule has 0 aliphatic carbocycles. The molecule has 1 unspecified atom stereocenters. The largest absolute Gasteiger partial charge is 0.495 e. The zero-order valence-corrected chi connectivity index (χ0v) is 13.7. The Hall–Kier alpha value is -1.59. The van der Waals surface area contributed by atoms with Gasteiger partial charge in [-0.1, -0.05) is 19.4 Å². The Morgan fingerprint density at radius 1 is 1.43 bits per heavy atom. The highest BCUT2D eigenvalue weighted by Crippen LogP contribution is 2.27. The summed E-state index contributed by atoms with van der Waals surface area (Å²) < 4.78 is 5.31. The Kier molecular flexibility index (Phi) is 6.18. The number of anilines is 1. The number of hydrogen-bond donors (Lipinski definition) is 2. The normalized spacial score (nSPS) is 13.9. The van der Waals surface area contributed by atoms with Crippen molar-refractivity contribution in [1.82, 2.24) is 4.90 Å². The van der Waals surface area contributed by atoms with E-state index in [1.165, 1.54) is 0 Å². The van der Waals surface area contributed by atoms with E-state index in [4.69, 9.17) is 10.5 Å². The van der Waals surface area contributed by atoms with Gasteiger partial charge in [0.2, 0.25) is 5.91 Å². The van der Waals surface area contributed by atoms with Gasteiger partial charge in [0.1, 0.15) is 5.75 Å². The number of nitrogens with two attached hydrogens (primary N) is 1. The number of benzene rings is 1. The molecule has 0 saturated heterocycles. The number of ether oxygens (including phenoxy) is 1. The highest BCUT2D eigenvalue weighted by Gasteiger charge is 2.27. The predicted octanol–water partition coefficient (Wildman–Crippen LogP) is 2.21. The van der Waals surface area contributed by atoms with Gasteiger partial charge in [-0.2, -0.15) is 0 Å². The third kappa shape index (κ3) is 5.02. The molecule has 0 radical (unpaired) electrons. The first-order valence-corrected chi connectivity index (χ1v) is 7.22. The molecule has 3 N–H and O–H groups in total. The van der Waals surface area contributed by atoms with Gasteiger partial charge in [0.15, 0.2) is 0 Å². The summed E-state index contributed by atoms with van der Waals surface area (Å²) in [6, 6.07) is 5.78. The number of nitrogens with zero attached hydrogens (tertiary/aromatic N) is 1. The molecule has 0 aliphatic heterocycles. The van der Waals surface area contributed by atoms with Gasteiger partial charge in [0.05, 0.1) is 18.3 Å². The summed E-state index contributed by atoms with van der Waals surface area (Å²) in [6.07, 6.45) is 1.50. The minimum atomic E-state index is -0.878. The van der Waals surface area contributed by atoms with Crippen molar-refractivity contribution in [3.05, 3.63) is 23.8 Å². The average Bonchev–Trinajstić information content (AvgIpc) is 2.38. The molecule has 0 aromatic heterocycles. The third-order valence-electron chi connectivity index (χ3n) is 3.30. The zero-order valence-electron chi connectivity index (χ0n) is 13.7. The zero-order chi connectivity index (χ0) is 16.0. The van der Waals surface area contributed by atoms with Crippen LogP contribution in [0.15, 0.2) is 18.2 Å². The minimum Gasteiger partial charge on any atom is -0.495 e. The fraction of sp³-hybridized carbons (Fsp3) is 0.562. The van der Waals surface area contributed by atoms with Gasteiger partial charge in [0, 0.05) is 6.54 Å². The second-order valence-electron chi connectivity index (χ2n) is 5.89. The van der Waals surface area contributed by atoms with E-state index in [0.717, 1.165) is 18.5 Å². The third-order valence-corrected chi connectivity index (χ3v) is 3.30. The first-order valence-electron chi connectivity index (χ1n) is 7.22. The SMILES string of the molecule is CCCC(C)(N)C(=O)Nc1cc(CN(C)C)ccc1OC. The molecule has 0 fully saturated rings. The van der Waals surface area contributed by atoms with Gasteiger partial charge in [-0.25, -0.2) is 0 Å². The summed E-state index contributed by atoms with van der Waals surface area (Å²) in [5, 5.41) is 2.89. The first-order chi connectivity index (χ1) is 9.80. The molecular weight excluding hydrogens is 266 g/mol. The van der Waals surface area contributed by atoms with Crippen LogP contribution >= 0.6 is 0 Å². The van der Waals surface area contributed by atoms with Gasteiger partial charge >= 0.3 is 0 Å². The molecule has 0 saturated carbocycles. The topological polar surface area (TPSA) is 67.6 Å². The standard InChI is InChI=1S/C16H27N3O2/c1-6-9-16(2,17)15(20)18-13-10-12(11-19(3)4)7-8-14(13)21-5/h7-8,10H,6,9,11,17H2,1-5H3,(H,18,20). The maximum absolute atomic E-state index is 12.3. The van der Waals surface area contributed by atoms with Crippen LogP contribution in [-0.4, -0.2) is 37.6 Å². The summed E-state index contributed by atoms with van der Waals surface area (Å²) in [5.41, 5.74) is 6.95. The smallest absolute Gasteiger partial charge is 0.244 e. The molecule has 0 aliphatic rings. The second-order valence-corrected chi connectivity index (χ2v) is 5.89. The maximum atomic E-state index is 12.3. The molecule has 1 aromatic carbocycles. The molecule has 21 heavy (non-hydrogen) atoms. The minimum absolute atomic E-state index is 0.190. The quantitative estimate of drug-likeness (QED) is 0.809. The van der Waals surface area contributed by atoms with E-state index in [-0.39, 0.29) is 5.91 Å². The lowest BCUT2D eigenvalue weighted by Crippen LogP contribution is -2.48. The summed E-state index contributed by atoms with van der Waals surface area (Å²) in [6.45, 7) is 4.56. The van der Waals surface area contributed by atoms with Crippen LogP contribution in [0.4, 0.5) is 5.69 Å². The van der Waals surface area contributed by atoms with Crippen LogP contribution in [0, 0.1) is 0 Å². The number of rotatable bonds is 7. The summed E-state index contributed by atoms with van der Waals surface area (Å²) in [5.74, 6) is 0.447. The Bertz CT molecular complexity index is 484. The average molecular weight is 293 g/mol. The monoisotopic (exact) mass is 293 g/mol. The molecule has 5 heteroatoms. The first kappa shape index (κ1) is 17.5. The summed E-state index contributed by atoms with van der Waals surface area (Å²) in [7, 11) is 5.59. The van der Waals surface area contributed by atoms with Gasteiger partial charge in [-0.3, -0.25) is 4.79 Å². The summed E-state index contributed by atoms with van der Waals surface area (Å²) in [4.78, 5) is 14.4. The Labute approximate surface area is 127 Å². The number of nitrogens with one attached hydrogen (secondary N) is 1. The Balaban J connectivity index is 2.97. The van der Waals surface area contributed by atoms with Gasteiger partial charge in [0.25, 0.3) is 0 Å². The Morgan fingerprint density at radius 2 is 2.10 bits per heavy atom. The van der Waals surface area contributed by atoms with Crippen molar-refractivity contribution >= 4 is 11.6 Å². The summed E-state index contributed by atoms with van der Waals surface area (Å²) >= 11 is 0. The highest BCUT2D eigenvalue weighted by molar-refractivity contribution is 5.98. The van der Waals surface area contributed by atoms with E-state index in [1.807, 2.05) is 39.2 Å². The molecule has 0 bridgehead atoms. The molecule has 1 rings (SSSR count). The van der Waals surface area contributed by atoms with Crippen LogP contribution in [0.5, 0.6) is 5.75 Å². The van der Waals surface area contributed by atoms with Crippen LogP contribution in [0.1, 0.15) is 32.3 Å². The maximum Gasteiger partial charge on any atom is 0.244 e. The van der Waals surface area contributed by atoms with Crippen molar-refractivity contribution in [2.45, 2.75) is 38.8 Å². The van der Waals surface area contributed by atoms with E-state index in [2.05, 4.69) is 10.2 Å². The van der Waals surface area contributed by atoms with Crippen molar-refractivity contribution in [2.75, 3.05) is 26.5 Å². The predicted molar refractivity (Wildman–Crippen MR) is 86.5 cm³/mol. The van der Waals surface area contributed by atoms with Crippen LogP contribution in [-0.2, 0) is 11.3 Å². The lowest BCUT2D eigenvalue weighted by Gasteiger charge is -2.24. The fourth-order valence-electron chi connectivity index (χ4n) is 2.21. The molecule has 1 atom stereocenters. The van der Waals surface area contributed by atoms with Gasteiger partial charge in [-0.05, 0) is 45.1 Å². The van der Waals surface area contributed by atoms with E-state index in [0.29, 0.717) is 17.9 Å². The molecule has 5 nitrogen and oxygen atoms in total. The van der Waals surface area contributed by atoms with Crippen molar-refractivity contribution < 1.29 is 9.53 Å². The van der Waals surface area contributed by atoms with E-state index < -0.39 is 5.54 Å². The van der Waals surface area contributed by atoms with Crippen LogP contribution in [0.3, 0.4) is 0 Å². The number of carbonyl (C=O) groups excluding carboxylic acids is 1. The lowest BCUT2D eigenvalue weighted by atomic mass is 9.96. The van der Waals surface area contributed by atoms with Crippen LogP contribution < -0.4 is 15.8 Å². The molecule has 1 amide bonds. The molecule has 1 aromatic rings. The van der Waals surface area contributed by atoms with E-state index in [9.17, 15) is 4.79 Å².